The van der Waals surface area contributed by atoms with Crippen molar-refractivity contribution in [1.82, 2.24) is 16.0 Å². The highest BCUT2D eigenvalue weighted by Gasteiger charge is 2.32. The Hall–Kier alpha value is -2.59. The van der Waals surface area contributed by atoms with Gasteiger partial charge in [-0.1, -0.05) is 64.4 Å². The van der Waals surface area contributed by atoms with E-state index in [4.69, 9.17) is 5.73 Å². The van der Waals surface area contributed by atoms with Gasteiger partial charge < -0.3 is 26.8 Å². The van der Waals surface area contributed by atoms with Crippen LogP contribution < -0.4 is 21.7 Å². The molecule has 3 amide bonds. The van der Waals surface area contributed by atoms with E-state index >= 15 is 0 Å². The number of carbonyl (C=O) groups is 4. The lowest BCUT2D eigenvalue weighted by atomic mass is 9.98. The molecule has 36 heavy (non-hydrogen) atoms. The summed E-state index contributed by atoms with van der Waals surface area (Å²) in [6, 6.07) is 5.41. The van der Waals surface area contributed by atoms with E-state index in [0.29, 0.717) is 25.0 Å². The molecule has 0 fully saturated rings. The molecular weight excluding hydrogens is 480 g/mol. The number of nitrogens with one attached hydrogen (secondary N) is 3. The summed E-state index contributed by atoms with van der Waals surface area (Å²) >= 11 is 1.53. The Balaban J connectivity index is 3.11. The van der Waals surface area contributed by atoms with Crippen molar-refractivity contribution in [2.75, 3.05) is 12.0 Å². The highest BCUT2D eigenvalue weighted by atomic mass is 32.2. The van der Waals surface area contributed by atoms with Crippen LogP contribution in [0, 0.1) is 11.8 Å². The average Bonchev–Trinajstić information content (AvgIpc) is 2.83. The third-order valence-corrected chi connectivity index (χ3v) is 6.64. The van der Waals surface area contributed by atoms with Gasteiger partial charge in [-0.05, 0) is 42.2 Å². The van der Waals surface area contributed by atoms with Crippen LogP contribution >= 0.6 is 11.8 Å². The lowest BCUT2D eigenvalue weighted by Crippen LogP contribution is -2.58. The van der Waals surface area contributed by atoms with Crippen LogP contribution in [0.3, 0.4) is 0 Å². The number of amides is 3. The monoisotopic (exact) mass is 522 g/mol. The first-order valence-electron chi connectivity index (χ1n) is 12.4. The molecule has 0 heterocycles. The van der Waals surface area contributed by atoms with Gasteiger partial charge in [0.05, 0.1) is 6.04 Å². The normalized spacial score (nSPS) is 15.3. The second-order valence-electron chi connectivity index (χ2n) is 9.54. The Kier molecular flexibility index (Phi) is 14.2. The number of rotatable bonds is 16. The first kappa shape index (κ1) is 31.4. The van der Waals surface area contributed by atoms with Crippen LogP contribution in [0.1, 0.15) is 52.5 Å². The predicted molar refractivity (Wildman–Crippen MR) is 143 cm³/mol. The van der Waals surface area contributed by atoms with Gasteiger partial charge in [-0.2, -0.15) is 11.8 Å². The molecular formula is C26H42N4O5S. The molecule has 202 valence electrons. The lowest BCUT2D eigenvalue weighted by molar-refractivity contribution is -0.143. The Labute approximate surface area is 218 Å². The smallest absolute Gasteiger partial charge is 0.326 e. The second-order valence-corrected chi connectivity index (χ2v) is 10.5. The summed E-state index contributed by atoms with van der Waals surface area (Å²) in [5.41, 5.74) is 6.81. The molecule has 5 atom stereocenters. The number of hydrogen-bond acceptors (Lipinski definition) is 6. The van der Waals surface area contributed by atoms with Gasteiger partial charge in [0.2, 0.25) is 17.7 Å². The molecule has 5 unspecified atom stereocenters. The molecule has 10 heteroatoms. The summed E-state index contributed by atoms with van der Waals surface area (Å²) in [4.78, 5) is 50.9. The molecule has 0 bridgehead atoms. The van der Waals surface area contributed by atoms with Crippen LogP contribution in [0.15, 0.2) is 30.3 Å². The van der Waals surface area contributed by atoms with Gasteiger partial charge in [-0.25, -0.2) is 4.79 Å². The molecule has 0 saturated heterocycles. The molecule has 1 rings (SSSR count). The Morgan fingerprint density at radius 3 is 2.06 bits per heavy atom. The minimum absolute atomic E-state index is 0.168. The van der Waals surface area contributed by atoms with Crippen molar-refractivity contribution in [1.29, 1.82) is 0 Å². The van der Waals surface area contributed by atoms with E-state index in [1.165, 1.54) is 11.8 Å². The Morgan fingerprint density at radius 1 is 0.944 bits per heavy atom. The fraction of sp³-hybridized carbons (Fsp3) is 0.615. The number of carbonyl (C=O) groups excluding carboxylic acids is 3. The minimum atomic E-state index is -1.13. The summed E-state index contributed by atoms with van der Waals surface area (Å²) < 4.78 is 0. The third-order valence-electron chi connectivity index (χ3n) is 6.00. The zero-order chi connectivity index (χ0) is 27.3. The number of thioether (sulfide) groups is 1. The molecule has 0 aliphatic rings. The van der Waals surface area contributed by atoms with E-state index in [2.05, 4.69) is 16.0 Å². The number of aliphatic carboxylic acids is 1. The number of carboxylic acids is 1. The topological polar surface area (TPSA) is 151 Å². The molecule has 0 saturated carbocycles. The van der Waals surface area contributed by atoms with Crippen LogP contribution in [0.25, 0.3) is 0 Å². The van der Waals surface area contributed by atoms with Crippen LogP contribution in [0.5, 0.6) is 0 Å². The first-order valence-corrected chi connectivity index (χ1v) is 13.8. The highest BCUT2D eigenvalue weighted by Crippen LogP contribution is 2.11. The maximum Gasteiger partial charge on any atom is 0.326 e. The highest BCUT2D eigenvalue weighted by molar-refractivity contribution is 7.98. The summed E-state index contributed by atoms with van der Waals surface area (Å²) in [5.74, 6) is -2.12. The lowest BCUT2D eigenvalue weighted by Gasteiger charge is -2.27. The first-order chi connectivity index (χ1) is 17.0. The molecule has 1 aromatic rings. The van der Waals surface area contributed by atoms with Crippen molar-refractivity contribution < 1.29 is 24.3 Å². The largest absolute Gasteiger partial charge is 0.480 e. The van der Waals surface area contributed by atoms with Crippen molar-refractivity contribution in [3.8, 4) is 0 Å². The van der Waals surface area contributed by atoms with E-state index < -0.39 is 47.9 Å². The molecule has 0 aliphatic carbocycles. The van der Waals surface area contributed by atoms with Gasteiger partial charge in [-0.15, -0.1) is 0 Å². The molecule has 6 N–H and O–H groups in total. The second kappa shape index (κ2) is 16.2. The number of hydrogen-bond donors (Lipinski definition) is 5. The Bertz CT molecular complexity index is 852. The average molecular weight is 523 g/mol. The van der Waals surface area contributed by atoms with Gasteiger partial charge >= 0.3 is 5.97 Å². The summed E-state index contributed by atoms with van der Waals surface area (Å²) in [7, 11) is 0. The standard InChI is InChI=1S/C26H42N4O5S/c1-6-17(4)22(26(34)35)30-25(33)21(15-18-10-8-7-9-11-18)29-24(32)20(12-13-36-5)28-23(31)19(27)14-16(2)3/h7-11,16-17,19-22H,6,12-15,27H2,1-5H3,(H,28,31)(H,29,32)(H,30,33)(H,34,35). The minimum Gasteiger partial charge on any atom is -0.480 e. The number of carboxylic acid groups (broad SMARTS) is 1. The van der Waals surface area contributed by atoms with Gasteiger partial charge in [0.25, 0.3) is 0 Å². The van der Waals surface area contributed by atoms with E-state index in [1.54, 1.807) is 6.92 Å². The maximum absolute atomic E-state index is 13.3. The summed E-state index contributed by atoms with van der Waals surface area (Å²) in [6.45, 7) is 7.51. The number of nitrogens with two attached hydrogens (primary N) is 1. The molecule has 0 aromatic heterocycles. The molecule has 1 aromatic carbocycles. The maximum atomic E-state index is 13.3. The van der Waals surface area contributed by atoms with Crippen molar-refractivity contribution in [3.63, 3.8) is 0 Å². The van der Waals surface area contributed by atoms with E-state index in [1.807, 2.05) is 57.4 Å². The summed E-state index contributed by atoms with van der Waals surface area (Å²) in [6.07, 6.45) is 3.47. The van der Waals surface area contributed by atoms with Gasteiger partial charge in [0.1, 0.15) is 18.1 Å². The molecule has 0 spiro atoms. The van der Waals surface area contributed by atoms with E-state index in [-0.39, 0.29) is 18.3 Å². The third kappa shape index (κ3) is 11.0. The zero-order valence-corrected chi connectivity index (χ0v) is 22.8. The summed E-state index contributed by atoms with van der Waals surface area (Å²) in [5, 5.41) is 17.7. The molecule has 0 radical (unpaired) electrons. The van der Waals surface area contributed by atoms with Gasteiger partial charge in [0, 0.05) is 6.42 Å². The van der Waals surface area contributed by atoms with E-state index in [0.717, 1.165) is 5.56 Å². The van der Waals surface area contributed by atoms with Crippen molar-refractivity contribution in [2.45, 2.75) is 77.5 Å². The number of benzene rings is 1. The van der Waals surface area contributed by atoms with Crippen LogP contribution in [-0.4, -0.2) is 65.0 Å². The predicted octanol–water partition coefficient (Wildman–Crippen LogP) is 1.94. The van der Waals surface area contributed by atoms with Gasteiger partial charge in [-0.3, -0.25) is 14.4 Å². The quantitative estimate of drug-likeness (QED) is 0.223. The van der Waals surface area contributed by atoms with Gasteiger partial charge in [0.15, 0.2) is 0 Å². The van der Waals surface area contributed by atoms with Crippen LogP contribution in [0.2, 0.25) is 0 Å². The van der Waals surface area contributed by atoms with Crippen molar-refractivity contribution in [2.24, 2.45) is 17.6 Å². The zero-order valence-electron chi connectivity index (χ0n) is 22.0. The molecule has 0 aliphatic heterocycles. The molecule has 9 nitrogen and oxygen atoms in total. The van der Waals surface area contributed by atoms with E-state index in [9.17, 15) is 24.3 Å². The van der Waals surface area contributed by atoms with Crippen LogP contribution in [0.4, 0.5) is 0 Å². The fourth-order valence-corrected chi connectivity index (χ4v) is 4.14. The SMILES string of the molecule is CCC(C)C(NC(=O)C(Cc1ccccc1)NC(=O)C(CCSC)NC(=O)C(N)CC(C)C)C(=O)O. The van der Waals surface area contributed by atoms with Crippen LogP contribution in [-0.2, 0) is 25.6 Å². The fourth-order valence-electron chi connectivity index (χ4n) is 3.67. The van der Waals surface area contributed by atoms with Crippen molar-refractivity contribution >= 4 is 35.5 Å². The Morgan fingerprint density at radius 2 is 1.53 bits per heavy atom. The van der Waals surface area contributed by atoms with Crippen molar-refractivity contribution in [3.05, 3.63) is 35.9 Å².